The minimum absolute atomic E-state index is 0.187. The minimum atomic E-state index is -4.63. The molecule has 0 amide bonds. The number of rotatable bonds is 2. The van der Waals surface area contributed by atoms with E-state index in [4.69, 9.17) is 0 Å². The van der Waals surface area contributed by atoms with E-state index in [9.17, 15) is 13.2 Å². The molecule has 1 nitrogen and oxygen atoms in total. The summed E-state index contributed by atoms with van der Waals surface area (Å²) in [5.41, 5.74) is 2.06. The van der Waals surface area contributed by atoms with Gasteiger partial charge < -0.3 is 4.74 Å². The summed E-state index contributed by atoms with van der Waals surface area (Å²) in [4.78, 5) is 0. The predicted molar refractivity (Wildman–Crippen MR) is 59.5 cm³/mol. The van der Waals surface area contributed by atoms with Gasteiger partial charge >= 0.3 is 6.36 Å². The molecule has 0 atom stereocenters. The van der Waals surface area contributed by atoms with Gasteiger partial charge in [0.05, 0.1) is 0 Å². The van der Waals surface area contributed by atoms with Crippen LogP contribution in [0.5, 0.6) is 5.75 Å². The largest absolute Gasteiger partial charge is 0.573 e. The summed E-state index contributed by atoms with van der Waals surface area (Å²) >= 11 is 0. The lowest BCUT2D eigenvalue weighted by molar-refractivity contribution is -0.274. The van der Waals surface area contributed by atoms with E-state index in [1.54, 1.807) is 12.1 Å². The molecular weight excluding hydrogens is 229 g/mol. The van der Waals surface area contributed by atoms with Gasteiger partial charge in [-0.1, -0.05) is 30.4 Å². The van der Waals surface area contributed by atoms with Crippen LogP contribution in [0, 0.1) is 0 Å². The van der Waals surface area contributed by atoms with Crippen molar-refractivity contribution in [1.82, 2.24) is 0 Å². The van der Waals surface area contributed by atoms with E-state index < -0.39 is 6.36 Å². The van der Waals surface area contributed by atoms with Crippen LogP contribution in [0.15, 0.2) is 42.5 Å². The molecule has 0 spiro atoms. The van der Waals surface area contributed by atoms with Gasteiger partial charge in [0.2, 0.25) is 0 Å². The Labute approximate surface area is 97.2 Å². The van der Waals surface area contributed by atoms with Crippen molar-refractivity contribution in [2.75, 3.05) is 0 Å². The topological polar surface area (TPSA) is 9.23 Å². The maximum atomic E-state index is 12.0. The lowest BCUT2D eigenvalue weighted by Gasteiger charge is -2.11. The molecule has 0 unspecified atom stereocenters. The van der Waals surface area contributed by atoms with Crippen LogP contribution < -0.4 is 4.74 Å². The molecule has 90 valence electrons. The number of benzene rings is 1. The highest BCUT2D eigenvalue weighted by molar-refractivity contribution is 5.68. The number of allylic oxidation sites excluding steroid dienone is 4. The molecule has 4 heteroatoms. The normalized spacial score (nSPS) is 15.6. The number of hydrogen-bond donors (Lipinski definition) is 0. The third-order valence-electron chi connectivity index (χ3n) is 2.47. The molecule has 0 aromatic heterocycles. The Morgan fingerprint density at radius 2 is 1.76 bits per heavy atom. The molecule has 1 aromatic rings. The van der Waals surface area contributed by atoms with E-state index in [1.807, 2.05) is 12.2 Å². The lowest BCUT2D eigenvalue weighted by atomic mass is 9.97. The standard InChI is InChI=1S/C13H11F3O/c14-13(15,16)17-12-8-6-11(7-9-12)10-4-2-1-3-5-10/h1-2,4,6-9H,3,5H2. The minimum Gasteiger partial charge on any atom is -0.406 e. The number of alkyl halides is 3. The quantitative estimate of drug-likeness (QED) is 0.748. The average Bonchev–Trinajstić information content (AvgIpc) is 2.29. The summed E-state index contributed by atoms with van der Waals surface area (Å²) in [7, 11) is 0. The van der Waals surface area contributed by atoms with Crippen molar-refractivity contribution in [3.05, 3.63) is 48.1 Å². The molecule has 0 bridgehead atoms. The average molecular weight is 240 g/mol. The number of hydrogen-bond acceptors (Lipinski definition) is 1. The first-order valence-electron chi connectivity index (χ1n) is 5.26. The highest BCUT2D eigenvalue weighted by atomic mass is 19.4. The van der Waals surface area contributed by atoms with Crippen LogP contribution in [0.4, 0.5) is 13.2 Å². The van der Waals surface area contributed by atoms with E-state index in [2.05, 4.69) is 10.8 Å². The molecule has 1 aliphatic rings. The predicted octanol–water partition coefficient (Wildman–Crippen LogP) is 4.32. The molecule has 17 heavy (non-hydrogen) atoms. The van der Waals surface area contributed by atoms with Crippen LogP contribution in [0.3, 0.4) is 0 Å². The second-order valence-corrected chi connectivity index (χ2v) is 3.73. The van der Waals surface area contributed by atoms with Crippen LogP contribution >= 0.6 is 0 Å². The van der Waals surface area contributed by atoms with Crippen molar-refractivity contribution >= 4 is 5.57 Å². The van der Waals surface area contributed by atoms with E-state index in [-0.39, 0.29) is 5.75 Å². The monoisotopic (exact) mass is 240 g/mol. The fourth-order valence-corrected chi connectivity index (χ4v) is 1.71. The fourth-order valence-electron chi connectivity index (χ4n) is 1.71. The summed E-state index contributed by atoms with van der Waals surface area (Å²) in [6.07, 6.45) is 3.24. The molecule has 2 rings (SSSR count). The lowest BCUT2D eigenvalue weighted by Crippen LogP contribution is -2.17. The Morgan fingerprint density at radius 1 is 1.06 bits per heavy atom. The smallest absolute Gasteiger partial charge is 0.406 e. The summed E-state index contributed by atoms with van der Waals surface area (Å²) < 4.78 is 39.7. The molecule has 1 aliphatic carbocycles. The van der Waals surface area contributed by atoms with Gasteiger partial charge in [0, 0.05) is 0 Å². The summed E-state index contributed by atoms with van der Waals surface area (Å²) in [6, 6.07) is 5.96. The fraction of sp³-hybridized carbons (Fsp3) is 0.231. The Morgan fingerprint density at radius 3 is 2.29 bits per heavy atom. The number of halogens is 3. The zero-order valence-corrected chi connectivity index (χ0v) is 9.00. The van der Waals surface area contributed by atoms with Gasteiger partial charge in [-0.25, -0.2) is 0 Å². The third-order valence-corrected chi connectivity index (χ3v) is 2.47. The Hall–Kier alpha value is -1.71. The van der Waals surface area contributed by atoms with Crippen molar-refractivity contribution in [3.63, 3.8) is 0 Å². The molecule has 0 heterocycles. The van der Waals surface area contributed by atoms with Crippen molar-refractivity contribution in [3.8, 4) is 5.75 Å². The Kier molecular flexibility index (Phi) is 3.22. The summed E-state index contributed by atoms with van der Waals surface area (Å²) in [6.45, 7) is 0. The second-order valence-electron chi connectivity index (χ2n) is 3.73. The van der Waals surface area contributed by atoms with Gasteiger partial charge in [0.15, 0.2) is 0 Å². The number of ether oxygens (including phenoxy) is 1. The van der Waals surface area contributed by atoms with Gasteiger partial charge in [-0.15, -0.1) is 13.2 Å². The third kappa shape index (κ3) is 3.37. The zero-order valence-electron chi connectivity index (χ0n) is 9.00. The first kappa shape index (κ1) is 11.8. The van der Waals surface area contributed by atoms with Crippen LogP contribution in [-0.2, 0) is 0 Å². The van der Waals surface area contributed by atoms with Crippen LogP contribution in [0.1, 0.15) is 18.4 Å². The van der Waals surface area contributed by atoms with E-state index in [0.717, 1.165) is 24.0 Å². The first-order valence-corrected chi connectivity index (χ1v) is 5.26. The molecule has 0 fully saturated rings. The molecular formula is C13H11F3O. The van der Waals surface area contributed by atoms with Crippen LogP contribution in [0.2, 0.25) is 0 Å². The van der Waals surface area contributed by atoms with Crippen molar-refractivity contribution in [2.24, 2.45) is 0 Å². The Balaban J connectivity index is 2.13. The molecule has 1 aromatic carbocycles. The molecule has 0 aliphatic heterocycles. The van der Waals surface area contributed by atoms with Crippen molar-refractivity contribution in [2.45, 2.75) is 19.2 Å². The van der Waals surface area contributed by atoms with Crippen LogP contribution in [-0.4, -0.2) is 6.36 Å². The molecule has 0 N–H and O–H groups in total. The second kappa shape index (κ2) is 4.65. The highest BCUT2D eigenvalue weighted by Crippen LogP contribution is 2.27. The first-order chi connectivity index (χ1) is 8.04. The van der Waals surface area contributed by atoms with Gasteiger partial charge in [-0.3, -0.25) is 0 Å². The molecule has 0 radical (unpaired) electrons. The van der Waals surface area contributed by atoms with E-state index >= 15 is 0 Å². The van der Waals surface area contributed by atoms with Gasteiger partial charge in [-0.2, -0.15) is 0 Å². The Bertz CT molecular complexity index is 441. The van der Waals surface area contributed by atoms with Gasteiger partial charge in [0.1, 0.15) is 5.75 Å². The van der Waals surface area contributed by atoms with Crippen LogP contribution in [0.25, 0.3) is 5.57 Å². The van der Waals surface area contributed by atoms with Gasteiger partial charge in [-0.05, 0) is 36.1 Å². The summed E-state index contributed by atoms with van der Waals surface area (Å²) in [5.74, 6) is -0.187. The van der Waals surface area contributed by atoms with Crippen molar-refractivity contribution in [1.29, 1.82) is 0 Å². The highest BCUT2D eigenvalue weighted by Gasteiger charge is 2.30. The molecule has 0 saturated heterocycles. The van der Waals surface area contributed by atoms with E-state index in [1.165, 1.54) is 12.1 Å². The zero-order chi connectivity index (χ0) is 12.3. The van der Waals surface area contributed by atoms with Crippen molar-refractivity contribution < 1.29 is 17.9 Å². The SMILES string of the molecule is FC(F)(F)Oc1ccc(C2=CC=CCC2)cc1. The molecule has 0 saturated carbocycles. The van der Waals surface area contributed by atoms with E-state index in [0.29, 0.717) is 0 Å². The summed E-state index contributed by atoms with van der Waals surface area (Å²) in [5, 5.41) is 0. The maximum absolute atomic E-state index is 12.0. The maximum Gasteiger partial charge on any atom is 0.573 e. The van der Waals surface area contributed by atoms with Gasteiger partial charge in [0.25, 0.3) is 0 Å².